The highest BCUT2D eigenvalue weighted by Crippen LogP contribution is 2.67. The molecule has 0 unspecified atom stereocenters. The maximum Gasteiger partial charge on any atom is 0.319 e. The average Bonchev–Trinajstić information content (AvgIpc) is 2.78. The molecule has 0 heterocycles. The van der Waals surface area contributed by atoms with Crippen LogP contribution in [-0.4, -0.2) is 18.9 Å². The number of hydrogen-bond acceptors (Lipinski definition) is 3. The zero-order valence-corrected chi connectivity index (χ0v) is 11.8. The number of carbonyl (C=O) groups is 2. The van der Waals surface area contributed by atoms with E-state index >= 15 is 0 Å². The fraction of sp³-hybridized carbons (Fsp3) is 0.750. The van der Waals surface area contributed by atoms with Gasteiger partial charge in [-0.05, 0) is 50.4 Å². The monoisotopic (exact) mass is 262 g/mol. The zero-order chi connectivity index (χ0) is 13.8. The number of rotatable bonds is 2. The Bertz CT molecular complexity index is 467. The smallest absolute Gasteiger partial charge is 0.319 e. The normalized spacial score (nSPS) is 44.3. The third kappa shape index (κ3) is 1.34. The maximum absolute atomic E-state index is 13.0. The summed E-state index contributed by atoms with van der Waals surface area (Å²) < 4.78 is 4.92. The van der Waals surface area contributed by atoms with Crippen LogP contribution in [0, 0.1) is 22.7 Å². The second-order valence-corrected chi connectivity index (χ2v) is 6.55. The van der Waals surface area contributed by atoms with Gasteiger partial charge in [0.05, 0.1) is 7.11 Å². The molecule has 4 atom stereocenters. The van der Waals surface area contributed by atoms with Crippen LogP contribution >= 0.6 is 0 Å². The number of esters is 1. The molecule has 3 fully saturated rings. The van der Waals surface area contributed by atoms with E-state index in [1.54, 1.807) is 0 Å². The Hall–Kier alpha value is -1.12. The molecule has 3 rings (SSSR count). The lowest BCUT2D eigenvalue weighted by atomic mass is 9.62. The molecular formula is C16H22O3. The van der Waals surface area contributed by atoms with Crippen LogP contribution in [0.1, 0.15) is 45.4 Å². The van der Waals surface area contributed by atoms with E-state index in [1.807, 2.05) is 0 Å². The van der Waals surface area contributed by atoms with Crippen molar-refractivity contribution >= 4 is 11.8 Å². The SMILES string of the molecule is C=C1C[C@@]23CC[C@@](C(=O)OC)(CC[C@H]2[C@@H]1CC)C3=O. The van der Waals surface area contributed by atoms with Gasteiger partial charge in [-0.1, -0.05) is 19.1 Å². The van der Waals surface area contributed by atoms with Gasteiger partial charge in [-0.3, -0.25) is 9.59 Å². The third-order valence-corrected chi connectivity index (χ3v) is 6.05. The summed E-state index contributed by atoms with van der Waals surface area (Å²) in [5.41, 5.74) is 0.113. The highest BCUT2D eigenvalue weighted by Gasteiger charge is 2.69. The maximum atomic E-state index is 13.0. The summed E-state index contributed by atoms with van der Waals surface area (Å²) in [6, 6.07) is 0. The molecule has 3 aliphatic carbocycles. The molecule has 3 saturated carbocycles. The molecule has 0 amide bonds. The number of carbonyl (C=O) groups excluding carboxylic acids is 2. The molecule has 19 heavy (non-hydrogen) atoms. The van der Waals surface area contributed by atoms with Gasteiger partial charge in [-0.15, -0.1) is 0 Å². The van der Waals surface area contributed by atoms with Gasteiger partial charge in [0.1, 0.15) is 5.41 Å². The minimum Gasteiger partial charge on any atom is -0.468 e. The summed E-state index contributed by atoms with van der Waals surface area (Å²) in [6.45, 7) is 6.37. The first-order valence-electron chi connectivity index (χ1n) is 7.33. The van der Waals surface area contributed by atoms with Gasteiger partial charge >= 0.3 is 5.97 Å². The Kier molecular flexibility index (Phi) is 2.67. The van der Waals surface area contributed by atoms with Crippen molar-refractivity contribution in [1.29, 1.82) is 0 Å². The largest absolute Gasteiger partial charge is 0.468 e. The summed E-state index contributed by atoms with van der Waals surface area (Å²) in [6.07, 6.45) is 5.03. The van der Waals surface area contributed by atoms with Crippen molar-refractivity contribution in [2.45, 2.75) is 45.4 Å². The summed E-state index contributed by atoms with van der Waals surface area (Å²) in [7, 11) is 1.39. The minimum absolute atomic E-state index is 0.167. The van der Waals surface area contributed by atoms with E-state index in [2.05, 4.69) is 13.5 Å². The number of Topliss-reactive ketones (excluding diaryl/α,β-unsaturated/α-hetero) is 1. The van der Waals surface area contributed by atoms with Gasteiger partial charge in [-0.2, -0.15) is 0 Å². The lowest BCUT2D eigenvalue weighted by Crippen LogP contribution is -2.48. The van der Waals surface area contributed by atoms with Crippen LogP contribution in [0.3, 0.4) is 0 Å². The summed E-state index contributed by atoms with van der Waals surface area (Å²) in [5.74, 6) is 0.745. The van der Waals surface area contributed by atoms with Gasteiger partial charge in [0.25, 0.3) is 0 Å². The molecule has 3 aliphatic rings. The first-order valence-corrected chi connectivity index (χ1v) is 7.33. The Labute approximate surface area is 114 Å². The van der Waals surface area contributed by atoms with Gasteiger partial charge in [0.2, 0.25) is 0 Å². The van der Waals surface area contributed by atoms with E-state index in [4.69, 9.17) is 4.74 Å². The molecule has 0 N–H and O–H groups in total. The van der Waals surface area contributed by atoms with E-state index < -0.39 is 5.41 Å². The van der Waals surface area contributed by atoms with Crippen LogP contribution in [0.2, 0.25) is 0 Å². The number of ether oxygens (including phenoxy) is 1. The molecule has 0 aromatic carbocycles. The fourth-order valence-corrected chi connectivity index (χ4v) is 5.18. The molecule has 0 aromatic heterocycles. The Balaban J connectivity index is 2.02. The molecule has 104 valence electrons. The van der Waals surface area contributed by atoms with Gasteiger partial charge in [0.15, 0.2) is 5.78 Å². The Morgan fingerprint density at radius 3 is 2.79 bits per heavy atom. The van der Waals surface area contributed by atoms with Crippen molar-refractivity contribution in [2.24, 2.45) is 22.7 Å². The van der Waals surface area contributed by atoms with Crippen LogP contribution in [0.4, 0.5) is 0 Å². The van der Waals surface area contributed by atoms with Crippen LogP contribution < -0.4 is 0 Å². The molecule has 2 bridgehead atoms. The van der Waals surface area contributed by atoms with Crippen LogP contribution in [0.25, 0.3) is 0 Å². The van der Waals surface area contributed by atoms with E-state index in [1.165, 1.54) is 12.7 Å². The van der Waals surface area contributed by atoms with Crippen LogP contribution in [-0.2, 0) is 14.3 Å². The number of hydrogen-bond donors (Lipinski definition) is 0. The lowest BCUT2D eigenvalue weighted by molar-refractivity contribution is -0.162. The predicted molar refractivity (Wildman–Crippen MR) is 71.4 cm³/mol. The molecule has 0 aromatic rings. The molecule has 0 saturated heterocycles. The third-order valence-electron chi connectivity index (χ3n) is 6.05. The molecule has 0 aliphatic heterocycles. The zero-order valence-electron chi connectivity index (χ0n) is 11.8. The highest BCUT2D eigenvalue weighted by atomic mass is 16.5. The number of fused-ring (bicyclic) bond motifs is 1. The van der Waals surface area contributed by atoms with Crippen LogP contribution in [0.5, 0.6) is 0 Å². The summed E-state index contributed by atoms with van der Waals surface area (Å²) in [5, 5.41) is 0. The van der Waals surface area contributed by atoms with Crippen molar-refractivity contribution < 1.29 is 14.3 Å². The van der Waals surface area contributed by atoms with Gasteiger partial charge in [-0.25, -0.2) is 0 Å². The molecular weight excluding hydrogens is 240 g/mol. The summed E-state index contributed by atoms with van der Waals surface area (Å²) in [4.78, 5) is 25.1. The number of allylic oxidation sites excluding steroid dienone is 1. The Morgan fingerprint density at radius 2 is 2.16 bits per heavy atom. The van der Waals surface area contributed by atoms with Crippen molar-refractivity contribution in [3.8, 4) is 0 Å². The van der Waals surface area contributed by atoms with E-state index in [9.17, 15) is 9.59 Å². The summed E-state index contributed by atoms with van der Waals surface area (Å²) >= 11 is 0. The quantitative estimate of drug-likeness (QED) is 0.436. The number of methoxy groups -OCH3 is 1. The van der Waals surface area contributed by atoms with Crippen molar-refractivity contribution in [1.82, 2.24) is 0 Å². The van der Waals surface area contributed by atoms with E-state index in [0.717, 1.165) is 25.7 Å². The van der Waals surface area contributed by atoms with Gasteiger partial charge in [0, 0.05) is 5.41 Å². The topological polar surface area (TPSA) is 43.4 Å². The molecule has 0 radical (unpaired) electrons. The first-order chi connectivity index (χ1) is 9.01. The highest BCUT2D eigenvalue weighted by molar-refractivity contribution is 6.09. The minimum atomic E-state index is -0.825. The fourth-order valence-electron chi connectivity index (χ4n) is 5.18. The van der Waals surface area contributed by atoms with Crippen LogP contribution in [0.15, 0.2) is 12.2 Å². The van der Waals surface area contributed by atoms with E-state index in [0.29, 0.717) is 24.7 Å². The standard InChI is InChI=1S/C16H22O3/c1-4-11-10(2)9-16-8-7-15(13(16)17,14(18)19-3)6-5-12(11)16/h11-12H,2,4-9H2,1,3H3/t11-,12+,15+,16+/m1/s1. The van der Waals surface area contributed by atoms with Crippen molar-refractivity contribution in [3.05, 3.63) is 12.2 Å². The van der Waals surface area contributed by atoms with Crippen molar-refractivity contribution in [2.75, 3.05) is 7.11 Å². The second-order valence-electron chi connectivity index (χ2n) is 6.55. The molecule has 3 nitrogen and oxygen atoms in total. The van der Waals surface area contributed by atoms with Gasteiger partial charge < -0.3 is 4.74 Å². The second kappa shape index (κ2) is 3.94. The number of ketones is 1. The van der Waals surface area contributed by atoms with Crippen molar-refractivity contribution in [3.63, 3.8) is 0 Å². The lowest BCUT2D eigenvalue weighted by Gasteiger charge is -2.40. The molecule has 3 heteroatoms. The molecule has 1 spiro atoms. The van der Waals surface area contributed by atoms with E-state index in [-0.39, 0.29) is 17.2 Å². The first kappa shape index (κ1) is 12.9. The Morgan fingerprint density at radius 1 is 1.42 bits per heavy atom. The average molecular weight is 262 g/mol. The predicted octanol–water partition coefficient (Wildman–Crippen LogP) is 2.89.